The summed E-state index contributed by atoms with van der Waals surface area (Å²) in [6, 6.07) is 5.39. The van der Waals surface area contributed by atoms with Crippen molar-refractivity contribution in [1.29, 1.82) is 0 Å². The van der Waals surface area contributed by atoms with E-state index >= 15 is 0 Å². The van der Waals surface area contributed by atoms with Gasteiger partial charge in [-0.1, -0.05) is 17.7 Å². The Hall–Kier alpha value is -0.640. The minimum absolute atomic E-state index is 0.169. The average Bonchev–Trinajstić information content (AvgIpc) is 2.72. The highest BCUT2D eigenvalue weighted by atomic mass is 35.5. The number of aliphatic hydroxyl groups is 1. The molecule has 0 spiro atoms. The topological polar surface area (TPSA) is 23.5 Å². The first-order chi connectivity index (χ1) is 8.20. The normalized spacial score (nSPS) is 21.0. The highest BCUT2D eigenvalue weighted by Gasteiger charge is 2.23. The molecule has 0 amide bonds. The van der Waals surface area contributed by atoms with Crippen molar-refractivity contribution < 1.29 is 9.50 Å². The van der Waals surface area contributed by atoms with E-state index in [2.05, 4.69) is 4.90 Å². The van der Waals surface area contributed by atoms with Crippen LogP contribution >= 0.6 is 11.6 Å². The van der Waals surface area contributed by atoms with Crippen molar-refractivity contribution in [3.05, 3.63) is 34.6 Å². The van der Waals surface area contributed by atoms with Crippen molar-refractivity contribution in [3.63, 3.8) is 0 Å². The van der Waals surface area contributed by atoms with Gasteiger partial charge in [-0.25, -0.2) is 4.39 Å². The molecule has 0 unspecified atom stereocenters. The molecule has 2 nitrogen and oxygen atoms in total. The first-order valence-corrected chi connectivity index (χ1v) is 6.37. The Morgan fingerprint density at radius 3 is 3.00 bits per heavy atom. The summed E-state index contributed by atoms with van der Waals surface area (Å²) < 4.78 is 13.3. The van der Waals surface area contributed by atoms with Gasteiger partial charge >= 0.3 is 0 Å². The molecular formula is C13H17ClFNO. The molecule has 1 aromatic carbocycles. The lowest BCUT2D eigenvalue weighted by Crippen LogP contribution is -2.29. The van der Waals surface area contributed by atoms with Crippen LogP contribution in [0.2, 0.25) is 5.02 Å². The van der Waals surface area contributed by atoms with Crippen molar-refractivity contribution in [1.82, 2.24) is 4.90 Å². The summed E-state index contributed by atoms with van der Waals surface area (Å²) in [5, 5.41) is 9.16. The van der Waals surface area contributed by atoms with Crippen LogP contribution in [-0.2, 0) is 6.54 Å². The van der Waals surface area contributed by atoms with Gasteiger partial charge in [0.15, 0.2) is 0 Å². The van der Waals surface area contributed by atoms with Crippen molar-refractivity contribution in [2.45, 2.75) is 31.8 Å². The molecule has 1 aliphatic heterocycles. The van der Waals surface area contributed by atoms with E-state index in [9.17, 15) is 4.39 Å². The molecule has 1 aromatic rings. The molecule has 1 atom stereocenters. The zero-order valence-electron chi connectivity index (χ0n) is 9.70. The van der Waals surface area contributed by atoms with Gasteiger partial charge in [0.1, 0.15) is 5.82 Å². The molecule has 2 rings (SSSR count). The van der Waals surface area contributed by atoms with Crippen LogP contribution in [0.4, 0.5) is 4.39 Å². The molecule has 1 heterocycles. The number of benzene rings is 1. The number of aliphatic hydroxyl groups excluding tert-OH is 1. The molecule has 94 valence electrons. The largest absolute Gasteiger partial charge is 0.396 e. The molecular weight excluding hydrogens is 241 g/mol. The SMILES string of the molecule is OCC[C@H]1CCCN1Cc1ccc(Cl)c(F)c1. The summed E-state index contributed by atoms with van der Waals surface area (Å²) in [6.07, 6.45) is 3.08. The smallest absolute Gasteiger partial charge is 0.142 e. The van der Waals surface area contributed by atoms with Crippen LogP contribution in [0.25, 0.3) is 0 Å². The second-order valence-electron chi connectivity index (χ2n) is 4.53. The van der Waals surface area contributed by atoms with Crippen LogP contribution in [0.1, 0.15) is 24.8 Å². The molecule has 0 radical (unpaired) electrons. The number of hydrogen-bond acceptors (Lipinski definition) is 2. The quantitative estimate of drug-likeness (QED) is 0.897. The number of hydrogen-bond donors (Lipinski definition) is 1. The Labute approximate surface area is 106 Å². The van der Waals surface area contributed by atoms with Gasteiger partial charge < -0.3 is 5.11 Å². The lowest BCUT2D eigenvalue weighted by atomic mass is 10.1. The average molecular weight is 258 g/mol. The summed E-state index contributed by atoms with van der Waals surface area (Å²) in [7, 11) is 0. The van der Waals surface area contributed by atoms with Gasteiger partial charge in [0.25, 0.3) is 0 Å². The first-order valence-electron chi connectivity index (χ1n) is 5.99. The Morgan fingerprint density at radius 1 is 1.47 bits per heavy atom. The van der Waals surface area contributed by atoms with Gasteiger partial charge in [-0.05, 0) is 43.5 Å². The van der Waals surface area contributed by atoms with Crippen LogP contribution in [0.15, 0.2) is 18.2 Å². The number of likely N-dealkylation sites (tertiary alicyclic amines) is 1. The standard InChI is InChI=1S/C13H17ClFNO/c14-12-4-3-10(8-13(12)15)9-16-6-1-2-11(16)5-7-17/h3-4,8,11,17H,1-2,5-7,9H2/t11-/m1/s1. The van der Waals surface area contributed by atoms with Gasteiger partial charge in [-0.3, -0.25) is 4.90 Å². The van der Waals surface area contributed by atoms with E-state index in [1.165, 1.54) is 6.07 Å². The van der Waals surface area contributed by atoms with Crippen LogP contribution in [0.3, 0.4) is 0 Å². The van der Waals surface area contributed by atoms with Gasteiger partial charge in [-0.15, -0.1) is 0 Å². The summed E-state index contributed by atoms with van der Waals surface area (Å²) in [6.45, 7) is 1.98. The number of nitrogens with zero attached hydrogens (tertiary/aromatic N) is 1. The zero-order chi connectivity index (χ0) is 12.3. The monoisotopic (exact) mass is 257 g/mol. The minimum atomic E-state index is -0.359. The van der Waals surface area contributed by atoms with Crippen molar-refractivity contribution >= 4 is 11.6 Å². The fraction of sp³-hybridized carbons (Fsp3) is 0.538. The molecule has 4 heteroatoms. The zero-order valence-corrected chi connectivity index (χ0v) is 10.5. The summed E-state index contributed by atoms with van der Waals surface area (Å²) in [5.74, 6) is -0.359. The summed E-state index contributed by atoms with van der Waals surface area (Å²) >= 11 is 5.65. The van der Waals surface area contributed by atoms with E-state index in [4.69, 9.17) is 16.7 Å². The highest BCUT2D eigenvalue weighted by molar-refractivity contribution is 6.30. The van der Waals surface area contributed by atoms with Crippen molar-refractivity contribution in [3.8, 4) is 0 Å². The maximum atomic E-state index is 13.3. The number of halogens is 2. The summed E-state index contributed by atoms with van der Waals surface area (Å²) in [5.41, 5.74) is 0.941. The Bertz CT molecular complexity index is 386. The molecule has 1 aliphatic rings. The van der Waals surface area contributed by atoms with E-state index in [1.54, 1.807) is 6.07 Å². The first kappa shape index (κ1) is 12.8. The Morgan fingerprint density at radius 2 is 2.29 bits per heavy atom. The fourth-order valence-electron chi connectivity index (χ4n) is 2.45. The van der Waals surface area contributed by atoms with Gasteiger partial charge in [0.2, 0.25) is 0 Å². The second-order valence-corrected chi connectivity index (χ2v) is 4.93. The van der Waals surface area contributed by atoms with E-state index in [0.717, 1.165) is 37.9 Å². The highest BCUT2D eigenvalue weighted by Crippen LogP contribution is 2.23. The molecule has 0 aromatic heterocycles. The van der Waals surface area contributed by atoms with Crippen molar-refractivity contribution in [2.75, 3.05) is 13.2 Å². The van der Waals surface area contributed by atoms with E-state index < -0.39 is 0 Å². The summed E-state index contributed by atoms with van der Waals surface area (Å²) in [4.78, 5) is 2.30. The lowest BCUT2D eigenvalue weighted by molar-refractivity contribution is 0.189. The Kier molecular flexibility index (Phi) is 4.37. The molecule has 1 fully saturated rings. The maximum absolute atomic E-state index is 13.3. The maximum Gasteiger partial charge on any atom is 0.142 e. The third-order valence-electron chi connectivity index (χ3n) is 3.33. The van der Waals surface area contributed by atoms with E-state index in [-0.39, 0.29) is 17.4 Å². The van der Waals surface area contributed by atoms with Crippen LogP contribution in [0.5, 0.6) is 0 Å². The van der Waals surface area contributed by atoms with Crippen LogP contribution < -0.4 is 0 Å². The van der Waals surface area contributed by atoms with Gasteiger partial charge in [0.05, 0.1) is 5.02 Å². The molecule has 1 N–H and O–H groups in total. The molecule has 17 heavy (non-hydrogen) atoms. The van der Waals surface area contributed by atoms with E-state index in [0.29, 0.717) is 6.04 Å². The molecule has 0 bridgehead atoms. The third-order valence-corrected chi connectivity index (χ3v) is 3.64. The fourth-order valence-corrected chi connectivity index (χ4v) is 2.57. The molecule has 1 saturated heterocycles. The molecule has 0 saturated carbocycles. The lowest BCUT2D eigenvalue weighted by Gasteiger charge is -2.23. The van der Waals surface area contributed by atoms with Crippen LogP contribution in [-0.4, -0.2) is 29.2 Å². The molecule has 0 aliphatic carbocycles. The Balaban J connectivity index is 2.02. The minimum Gasteiger partial charge on any atom is -0.396 e. The van der Waals surface area contributed by atoms with Crippen LogP contribution in [0, 0.1) is 5.82 Å². The van der Waals surface area contributed by atoms with Gasteiger partial charge in [-0.2, -0.15) is 0 Å². The third kappa shape index (κ3) is 3.18. The van der Waals surface area contributed by atoms with Crippen molar-refractivity contribution in [2.24, 2.45) is 0 Å². The predicted molar refractivity (Wildman–Crippen MR) is 66.5 cm³/mol. The van der Waals surface area contributed by atoms with Gasteiger partial charge in [0, 0.05) is 19.2 Å². The second kappa shape index (κ2) is 5.80. The van der Waals surface area contributed by atoms with E-state index in [1.807, 2.05) is 6.07 Å². The number of rotatable bonds is 4. The predicted octanol–water partition coefficient (Wildman–Crippen LogP) is 2.83.